The smallest absolute Gasteiger partial charge is 0.121 e. The van der Waals surface area contributed by atoms with Gasteiger partial charge in [0.25, 0.3) is 0 Å². The highest BCUT2D eigenvalue weighted by Gasteiger charge is 2.23. The summed E-state index contributed by atoms with van der Waals surface area (Å²) in [5.74, 6) is 0.630. The van der Waals surface area contributed by atoms with Crippen molar-refractivity contribution in [1.82, 2.24) is 24.9 Å². The first-order valence-corrected chi connectivity index (χ1v) is 9.84. The van der Waals surface area contributed by atoms with Crippen molar-refractivity contribution in [2.45, 2.75) is 70.2 Å². The number of H-pyrrole nitrogens is 1. The van der Waals surface area contributed by atoms with Crippen LogP contribution >= 0.6 is 0 Å². The lowest BCUT2D eigenvalue weighted by atomic mass is 9.85. The van der Waals surface area contributed by atoms with E-state index in [4.69, 9.17) is 5.11 Å². The number of aliphatic hydroxyl groups excluding tert-OH is 2. The molecule has 7 nitrogen and oxygen atoms in total. The molecule has 1 fully saturated rings. The maximum atomic E-state index is 9.85. The van der Waals surface area contributed by atoms with Gasteiger partial charge in [-0.05, 0) is 25.3 Å². The Morgan fingerprint density at radius 1 is 1.19 bits per heavy atom. The van der Waals surface area contributed by atoms with Gasteiger partial charge in [-0.25, -0.2) is 0 Å². The summed E-state index contributed by atoms with van der Waals surface area (Å²) in [5, 5.41) is 31.1. The summed E-state index contributed by atoms with van der Waals surface area (Å²) in [7, 11) is 0. The molecule has 0 spiro atoms. The SMILES string of the molecule is OC[C@@H](O)c1cc2n(n1)CCCN(Cc1cn[nH]c1C1CCCCC1)C2. The number of nitrogens with one attached hydrogen (secondary N) is 1. The summed E-state index contributed by atoms with van der Waals surface area (Å²) in [6, 6.07) is 1.93. The molecule has 3 N–H and O–H groups in total. The Balaban J connectivity index is 1.47. The molecule has 4 rings (SSSR count). The van der Waals surface area contributed by atoms with Gasteiger partial charge in [0.15, 0.2) is 0 Å². The predicted octanol–water partition coefficient (Wildman–Crippen LogP) is 2.09. The van der Waals surface area contributed by atoms with Crippen molar-refractivity contribution in [2.24, 2.45) is 0 Å². The van der Waals surface area contributed by atoms with Crippen LogP contribution in [0.15, 0.2) is 12.3 Å². The zero-order valence-electron chi connectivity index (χ0n) is 15.3. The van der Waals surface area contributed by atoms with E-state index in [9.17, 15) is 5.11 Å². The average Bonchev–Trinajstić information content (AvgIpc) is 3.25. The second-order valence-corrected chi connectivity index (χ2v) is 7.69. The average molecular weight is 359 g/mol. The number of fused-ring (bicyclic) bond motifs is 1. The minimum atomic E-state index is -0.894. The van der Waals surface area contributed by atoms with Gasteiger partial charge >= 0.3 is 0 Å². The van der Waals surface area contributed by atoms with Crippen LogP contribution in [0.1, 0.15) is 73.2 Å². The van der Waals surface area contributed by atoms with E-state index in [0.29, 0.717) is 11.6 Å². The zero-order valence-corrected chi connectivity index (χ0v) is 15.3. The van der Waals surface area contributed by atoms with Crippen LogP contribution in [-0.2, 0) is 19.6 Å². The van der Waals surface area contributed by atoms with Gasteiger partial charge in [0.05, 0.1) is 24.2 Å². The summed E-state index contributed by atoms with van der Waals surface area (Å²) in [5.41, 5.74) is 4.32. The molecule has 0 bridgehead atoms. The lowest BCUT2D eigenvalue weighted by molar-refractivity contribution is 0.0916. The molecule has 0 amide bonds. The highest BCUT2D eigenvalue weighted by molar-refractivity contribution is 5.21. The number of hydrogen-bond acceptors (Lipinski definition) is 5. The van der Waals surface area contributed by atoms with Crippen molar-refractivity contribution in [2.75, 3.05) is 13.2 Å². The molecule has 142 valence electrons. The van der Waals surface area contributed by atoms with Crippen molar-refractivity contribution in [3.8, 4) is 0 Å². The third-order valence-corrected chi connectivity index (χ3v) is 5.79. The fourth-order valence-electron chi connectivity index (χ4n) is 4.37. The molecule has 2 aromatic rings. The van der Waals surface area contributed by atoms with Gasteiger partial charge in [0, 0.05) is 43.4 Å². The highest BCUT2D eigenvalue weighted by Crippen LogP contribution is 2.33. The number of aromatic nitrogens is 4. The zero-order chi connectivity index (χ0) is 17.9. The van der Waals surface area contributed by atoms with Crippen LogP contribution < -0.4 is 0 Å². The van der Waals surface area contributed by atoms with Crippen LogP contribution in [0.25, 0.3) is 0 Å². The van der Waals surface area contributed by atoms with E-state index in [1.54, 1.807) is 0 Å². The van der Waals surface area contributed by atoms with Gasteiger partial charge < -0.3 is 10.2 Å². The van der Waals surface area contributed by atoms with Crippen LogP contribution in [0.2, 0.25) is 0 Å². The quantitative estimate of drug-likeness (QED) is 0.760. The van der Waals surface area contributed by atoms with Crippen LogP contribution in [0.5, 0.6) is 0 Å². The Kier molecular flexibility index (Phi) is 5.38. The number of rotatable bonds is 5. The molecule has 1 atom stereocenters. The van der Waals surface area contributed by atoms with Crippen molar-refractivity contribution in [3.05, 3.63) is 34.9 Å². The van der Waals surface area contributed by atoms with E-state index in [2.05, 4.69) is 20.2 Å². The lowest BCUT2D eigenvalue weighted by Crippen LogP contribution is -2.23. The molecule has 2 aromatic heterocycles. The molecule has 0 radical (unpaired) electrons. The van der Waals surface area contributed by atoms with Crippen LogP contribution in [0, 0.1) is 0 Å². The lowest BCUT2D eigenvalue weighted by Gasteiger charge is -2.24. The summed E-state index contributed by atoms with van der Waals surface area (Å²) in [6.45, 7) is 3.28. The molecule has 2 aliphatic rings. The largest absolute Gasteiger partial charge is 0.393 e. The Morgan fingerprint density at radius 2 is 2.04 bits per heavy atom. The molecule has 0 unspecified atom stereocenters. The van der Waals surface area contributed by atoms with Gasteiger partial charge in [-0.15, -0.1) is 0 Å². The van der Waals surface area contributed by atoms with Gasteiger partial charge in [-0.3, -0.25) is 14.7 Å². The summed E-state index contributed by atoms with van der Waals surface area (Å²) < 4.78 is 1.98. The van der Waals surface area contributed by atoms with E-state index >= 15 is 0 Å². The van der Waals surface area contributed by atoms with Gasteiger partial charge in [-0.1, -0.05) is 19.3 Å². The molecule has 3 heterocycles. The van der Waals surface area contributed by atoms with Crippen molar-refractivity contribution in [1.29, 1.82) is 0 Å². The first kappa shape index (κ1) is 17.7. The maximum absolute atomic E-state index is 9.85. The third kappa shape index (κ3) is 3.70. The van der Waals surface area contributed by atoms with Gasteiger partial charge in [-0.2, -0.15) is 10.2 Å². The Morgan fingerprint density at radius 3 is 2.85 bits per heavy atom. The first-order valence-electron chi connectivity index (χ1n) is 9.84. The molecule has 0 aromatic carbocycles. The van der Waals surface area contributed by atoms with Crippen molar-refractivity contribution >= 4 is 0 Å². The standard InChI is InChI=1S/C19H29N5O2/c25-13-18(26)17-9-16-12-23(7-4-8-24(16)22-17)11-15-10-20-21-19(15)14-5-2-1-3-6-14/h9-10,14,18,25-26H,1-8,11-13H2,(H,20,21)/t18-/m1/s1. The molecular weight excluding hydrogens is 330 g/mol. The Hall–Kier alpha value is -1.70. The van der Waals surface area contributed by atoms with Crippen molar-refractivity contribution in [3.63, 3.8) is 0 Å². The van der Waals surface area contributed by atoms with E-state index in [1.165, 1.54) is 43.4 Å². The Labute approximate surface area is 154 Å². The fraction of sp³-hybridized carbons (Fsp3) is 0.684. The van der Waals surface area contributed by atoms with E-state index < -0.39 is 6.10 Å². The number of aliphatic hydroxyl groups is 2. The molecule has 1 aliphatic heterocycles. The fourth-order valence-corrected chi connectivity index (χ4v) is 4.37. The minimum Gasteiger partial charge on any atom is -0.393 e. The van der Waals surface area contributed by atoms with Crippen LogP contribution in [-0.4, -0.2) is 48.2 Å². The molecule has 1 aliphatic carbocycles. The second-order valence-electron chi connectivity index (χ2n) is 7.69. The summed E-state index contributed by atoms with van der Waals surface area (Å²) >= 11 is 0. The maximum Gasteiger partial charge on any atom is 0.121 e. The minimum absolute atomic E-state index is 0.292. The third-order valence-electron chi connectivity index (χ3n) is 5.79. The van der Waals surface area contributed by atoms with Gasteiger partial charge in [0.1, 0.15) is 6.10 Å². The van der Waals surface area contributed by atoms with Gasteiger partial charge in [0.2, 0.25) is 0 Å². The Bertz CT molecular complexity index is 719. The summed E-state index contributed by atoms with van der Waals surface area (Å²) in [6.07, 6.45) is 8.67. The van der Waals surface area contributed by atoms with E-state index in [-0.39, 0.29) is 6.61 Å². The number of hydrogen-bond donors (Lipinski definition) is 3. The van der Waals surface area contributed by atoms with Crippen LogP contribution in [0.4, 0.5) is 0 Å². The van der Waals surface area contributed by atoms with E-state index in [0.717, 1.165) is 38.3 Å². The predicted molar refractivity (Wildman–Crippen MR) is 97.4 cm³/mol. The molecular formula is C19H29N5O2. The molecule has 7 heteroatoms. The molecule has 1 saturated carbocycles. The number of aryl methyl sites for hydroxylation is 1. The molecule has 0 saturated heterocycles. The topological polar surface area (TPSA) is 90.2 Å². The monoisotopic (exact) mass is 359 g/mol. The first-order chi connectivity index (χ1) is 12.7. The van der Waals surface area contributed by atoms with Crippen molar-refractivity contribution < 1.29 is 10.2 Å². The number of nitrogens with zero attached hydrogens (tertiary/aromatic N) is 4. The summed E-state index contributed by atoms with van der Waals surface area (Å²) in [4.78, 5) is 2.44. The van der Waals surface area contributed by atoms with E-state index in [1.807, 2.05) is 16.9 Å². The second kappa shape index (κ2) is 7.90. The molecule has 26 heavy (non-hydrogen) atoms. The highest BCUT2D eigenvalue weighted by atomic mass is 16.3. The normalized spacial score (nSPS) is 20.7. The number of aromatic amines is 1. The van der Waals surface area contributed by atoms with Crippen LogP contribution in [0.3, 0.4) is 0 Å².